The van der Waals surface area contributed by atoms with Crippen molar-refractivity contribution in [2.24, 2.45) is 0 Å². The maximum absolute atomic E-state index is 14.0. The van der Waals surface area contributed by atoms with Gasteiger partial charge in [-0.15, -0.1) is 0 Å². The molecule has 1 aliphatic rings. The molecule has 180 valence electrons. The summed E-state index contributed by atoms with van der Waals surface area (Å²) in [6, 6.07) is 0. The molecule has 1 rings (SSSR count). The van der Waals surface area contributed by atoms with Crippen LogP contribution in [0.25, 0.3) is 0 Å². The molecular weight excluding hydrogens is 470 g/mol. The van der Waals surface area contributed by atoms with Gasteiger partial charge >= 0.3 is 12.4 Å². The van der Waals surface area contributed by atoms with E-state index in [1.165, 1.54) is 4.72 Å². The quantitative estimate of drug-likeness (QED) is 0.575. The zero-order valence-electron chi connectivity index (χ0n) is 16.9. The number of alkyl halides is 6. The minimum absolute atomic E-state index is 0.682. The number of nitrogens with zero attached hydrogens (tertiary/aromatic N) is 1. The van der Waals surface area contributed by atoms with Gasteiger partial charge in [0.1, 0.15) is 0 Å². The van der Waals surface area contributed by atoms with Crippen LogP contribution in [0.2, 0.25) is 0 Å². The van der Waals surface area contributed by atoms with E-state index in [1.807, 2.05) is 0 Å². The summed E-state index contributed by atoms with van der Waals surface area (Å²) in [6.07, 6.45) is -11.7. The van der Waals surface area contributed by atoms with Gasteiger partial charge in [-0.2, -0.15) is 30.6 Å². The fourth-order valence-electron chi connectivity index (χ4n) is 2.28. The number of sulfonamides is 2. The van der Waals surface area contributed by atoms with Gasteiger partial charge in [0.15, 0.2) is 0 Å². The molecule has 0 aromatic heterocycles. The molecule has 0 saturated carbocycles. The highest BCUT2D eigenvalue weighted by molar-refractivity contribution is 7.91. The Bertz CT molecular complexity index is 873. The van der Waals surface area contributed by atoms with Gasteiger partial charge in [-0.3, -0.25) is 0 Å². The standard InChI is InChI=1S/C14H24F6N2O6S2/c1-9(2,3)29(24,25)21-7-11(13(15,16)17)22(30(26,27)10(4,5)6)8-12(23,28-11)14(18,19)20/h21,23H,7-8H2,1-6H3/t11?,12-/m0/s1. The van der Waals surface area contributed by atoms with Gasteiger partial charge in [0, 0.05) is 0 Å². The van der Waals surface area contributed by atoms with Crippen LogP contribution in [0.5, 0.6) is 0 Å². The topological polar surface area (TPSA) is 113 Å². The summed E-state index contributed by atoms with van der Waals surface area (Å²) in [7, 11) is -9.78. The molecule has 8 nitrogen and oxygen atoms in total. The zero-order chi connectivity index (χ0) is 24.4. The first-order chi connectivity index (χ1) is 12.8. The van der Waals surface area contributed by atoms with Crippen LogP contribution in [-0.2, 0) is 24.8 Å². The van der Waals surface area contributed by atoms with Crippen LogP contribution < -0.4 is 4.72 Å². The van der Waals surface area contributed by atoms with Crippen molar-refractivity contribution in [1.29, 1.82) is 0 Å². The highest BCUT2D eigenvalue weighted by atomic mass is 32.2. The fraction of sp³-hybridized carbons (Fsp3) is 1.00. The largest absolute Gasteiger partial charge is 0.444 e. The van der Waals surface area contributed by atoms with Crippen LogP contribution in [0.1, 0.15) is 41.5 Å². The van der Waals surface area contributed by atoms with Crippen LogP contribution in [0.4, 0.5) is 26.3 Å². The Morgan fingerprint density at radius 2 is 1.33 bits per heavy atom. The third kappa shape index (κ3) is 4.44. The normalized spacial score (nSPS) is 28.2. The molecular formula is C14H24F6N2O6S2. The van der Waals surface area contributed by atoms with Crippen molar-refractivity contribution in [3.8, 4) is 0 Å². The first-order valence-corrected chi connectivity index (χ1v) is 11.3. The summed E-state index contributed by atoms with van der Waals surface area (Å²) in [5.41, 5.74) is -4.36. The predicted molar refractivity (Wildman–Crippen MR) is 92.9 cm³/mol. The maximum atomic E-state index is 14.0. The van der Waals surface area contributed by atoms with Gasteiger partial charge in [-0.25, -0.2) is 21.6 Å². The van der Waals surface area contributed by atoms with Gasteiger partial charge < -0.3 is 9.84 Å². The third-order valence-corrected chi connectivity index (χ3v) is 9.05. The molecule has 0 bridgehead atoms. The highest BCUT2D eigenvalue weighted by Crippen LogP contribution is 2.51. The van der Waals surface area contributed by atoms with Crippen LogP contribution in [0.3, 0.4) is 0 Å². The average molecular weight is 494 g/mol. The lowest BCUT2D eigenvalue weighted by Gasteiger charge is -2.40. The van der Waals surface area contributed by atoms with Crippen molar-refractivity contribution in [3.05, 3.63) is 0 Å². The van der Waals surface area contributed by atoms with E-state index in [2.05, 4.69) is 4.74 Å². The van der Waals surface area contributed by atoms with Crippen LogP contribution >= 0.6 is 0 Å². The van der Waals surface area contributed by atoms with E-state index < -0.39 is 70.8 Å². The van der Waals surface area contributed by atoms with Crippen molar-refractivity contribution in [3.63, 3.8) is 0 Å². The van der Waals surface area contributed by atoms with E-state index in [0.29, 0.717) is 0 Å². The van der Waals surface area contributed by atoms with Crippen molar-refractivity contribution in [2.45, 2.75) is 74.9 Å². The first-order valence-electron chi connectivity index (χ1n) is 8.33. The molecule has 1 heterocycles. The van der Waals surface area contributed by atoms with E-state index in [-0.39, 0.29) is 0 Å². The Kier molecular flexibility index (Phi) is 6.53. The summed E-state index contributed by atoms with van der Waals surface area (Å²) in [5.74, 6) is -4.53. The van der Waals surface area contributed by atoms with E-state index in [1.54, 1.807) is 0 Å². The lowest BCUT2D eigenvalue weighted by atomic mass is 10.2. The molecule has 0 aliphatic carbocycles. The van der Waals surface area contributed by atoms with Crippen molar-refractivity contribution < 1.29 is 53.0 Å². The molecule has 30 heavy (non-hydrogen) atoms. The number of aliphatic hydroxyl groups is 1. The second kappa shape index (κ2) is 7.16. The van der Waals surface area contributed by atoms with Crippen molar-refractivity contribution in [1.82, 2.24) is 9.03 Å². The molecule has 1 unspecified atom stereocenters. The summed E-state index contributed by atoms with van der Waals surface area (Å²) >= 11 is 0. The maximum Gasteiger partial charge on any atom is 0.444 e. The van der Waals surface area contributed by atoms with Gasteiger partial charge in [0.05, 0.1) is 22.6 Å². The lowest BCUT2D eigenvalue weighted by molar-refractivity contribution is -0.396. The average Bonchev–Trinajstić information content (AvgIpc) is 2.78. The lowest BCUT2D eigenvalue weighted by Crippen LogP contribution is -2.66. The number of nitrogens with one attached hydrogen (secondary N) is 1. The van der Waals surface area contributed by atoms with Crippen molar-refractivity contribution >= 4 is 20.0 Å². The monoisotopic (exact) mass is 494 g/mol. The Morgan fingerprint density at radius 1 is 0.900 bits per heavy atom. The number of halogens is 6. The van der Waals surface area contributed by atoms with E-state index >= 15 is 0 Å². The van der Waals surface area contributed by atoms with Crippen LogP contribution in [0.15, 0.2) is 0 Å². The first kappa shape index (κ1) is 27.4. The number of β-amino-alcohol motifs (C(OH)–C–C–N with tert-alkyl or cyclic N) is 1. The van der Waals surface area contributed by atoms with Gasteiger partial charge in [-0.1, -0.05) is 0 Å². The van der Waals surface area contributed by atoms with E-state index in [4.69, 9.17) is 0 Å². The summed E-state index contributed by atoms with van der Waals surface area (Å²) < 4.78 is 133. The molecule has 2 atom stereocenters. The molecule has 0 aromatic carbocycles. The second-order valence-corrected chi connectivity index (χ2v) is 13.9. The van der Waals surface area contributed by atoms with Gasteiger partial charge in [0.2, 0.25) is 25.8 Å². The zero-order valence-corrected chi connectivity index (χ0v) is 18.6. The Hall–Kier alpha value is -0.680. The number of rotatable bonds is 4. The molecule has 16 heteroatoms. The highest BCUT2D eigenvalue weighted by Gasteiger charge is 2.77. The minimum atomic E-state index is -5.87. The van der Waals surface area contributed by atoms with Crippen LogP contribution in [0, 0.1) is 0 Å². The molecule has 0 amide bonds. The smallest absolute Gasteiger partial charge is 0.357 e. The molecule has 1 aliphatic heterocycles. The molecule has 2 N–H and O–H groups in total. The Balaban J connectivity index is 3.77. The summed E-state index contributed by atoms with van der Waals surface area (Å²) in [5, 5.41) is 9.78. The molecule has 0 spiro atoms. The molecule has 1 saturated heterocycles. The van der Waals surface area contributed by atoms with Crippen LogP contribution in [-0.4, -0.2) is 72.7 Å². The number of hydrogen-bond acceptors (Lipinski definition) is 6. The minimum Gasteiger partial charge on any atom is -0.357 e. The SMILES string of the molecule is CC(C)(C)S(=O)(=O)NCC1(C(F)(F)F)O[C@](O)(C(F)(F)F)CN1S(=O)(=O)C(C)(C)C. The summed E-state index contributed by atoms with van der Waals surface area (Å²) in [6.45, 7) is 1.97. The van der Waals surface area contributed by atoms with Crippen molar-refractivity contribution in [2.75, 3.05) is 13.1 Å². The Labute approximate surface area is 170 Å². The second-order valence-electron chi connectivity index (χ2n) is 8.73. The predicted octanol–water partition coefficient (Wildman–Crippen LogP) is 1.67. The number of ether oxygens (including phenoxy) is 1. The van der Waals surface area contributed by atoms with Gasteiger partial charge in [0.25, 0.3) is 5.79 Å². The molecule has 0 aromatic rings. The fourth-order valence-corrected chi connectivity index (χ4v) is 4.69. The Morgan fingerprint density at radius 3 is 1.63 bits per heavy atom. The number of hydrogen-bond donors (Lipinski definition) is 2. The molecule has 1 fully saturated rings. The van der Waals surface area contributed by atoms with E-state index in [0.717, 1.165) is 41.5 Å². The molecule has 0 radical (unpaired) electrons. The summed E-state index contributed by atoms with van der Waals surface area (Å²) in [4.78, 5) is 0. The van der Waals surface area contributed by atoms with Gasteiger partial charge in [-0.05, 0) is 41.5 Å². The third-order valence-electron chi connectivity index (χ3n) is 4.36. The van der Waals surface area contributed by atoms with E-state index in [9.17, 15) is 48.3 Å².